The van der Waals surface area contributed by atoms with Gasteiger partial charge in [0.2, 0.25) is 0 Å². The predicted molar refractivity (Wildman–Crippen MR) is 70.6 cm³/mol. The normalized spacial score (nSPS) is 14.1. The summed E-state index contributed by atoms with van der Waals surface area (Å²) in [6, 6.07) is 7.15. The average Bonchev–Trinajstić information content (AvgIpc) is 2.87. The van der Waals surface area contributed by atoms with E-state index in [2.05, 4.69) is 10.3 Å². The molecule has 0 amide bonds. The molecule has 6 heteroatoms. The summed E-state index contributed by atoms with van der Waals surface area (Å²) in [4.78, 5) is 0. The maximum Gasteiger partial charge on any atom is 0.119 e. The third kappa shape index (κ3) is 3.30. The lowest BCUT2D eigenvalue weighted by Crippen LogP contribution is -2.09. The van der Waals surface area contributed by atoms with Gasteiger partial charge >= 0.3 is 0 Å². The zero-order valence-corrected chi connectivity index (χ0v) is 11.0. The minimum Gasteiger partial charge on any atom is -0.497 e. The first-order valence-corrected chi connectivity index (χ1v) is 6.07. The van der Waals surface area contributed by atoms with Gasteiger partial charge in [-0.05, 0) is 24.6 Å². The summed E-state index contributed by atoms with van der Waals surface area (Å²) in [5.74, 6) is 0.714. The topological polar surface area (TPSA) is 86.2 Å². The van der Waals surface area contributed by atoms with Gasteiger partial charge in [-0.3, -0.25) is 0 Å². The monoisotopic (exact) mass is 262 g/mol. The molecule has 0 fully saturated rings. The molecule has 0 aliphatic heterocycles. The molecule has 0 saturated carbocycles. The van der Waals surface area contributed by atoms with Gasteiger partial charge in [0, 0.05) is 6.04 Å². The lowest BCUT2D eigenvalue weighted by atomic mass is 10.1. The van der Waals surface area contributed by atoms with Gasteiger partial charge < -0.3 is 15.6 Å². The lowest BCUT2D eigenvalue weighted by Gasteiger charge is -2.11. The summed E-state index contributed by atoms with van der Waals surface area (Å²) in [5, 5.41) is 18.1. The lowest BCUT2D eigenvalue weighted by molar-refractivity contribution is 0.150. The van der Waals surface area contributed by atoms with Crippen molar-refractivity contribution in [3.63, 3.8) is 0 Å². The first-order chi connectivity index (χ1) is 9.10. The molecule has 1 heterocycles. The van der Waals surface area contributed by atoms with Crippen molar-refractivity contribution in [2.75, 3.05) is 7.11 Å². The number of aliphatic hydroxyl groups is 1. The van der Waals surface area contributed by atoms with Gasteiger partial charge in [-0.15, -0.1) is 5.10 Å². The van der Waals surface area contributed by atoms with Gasteiger partial charge in [-0.25, -0.2) is 4.68 Å². The van der Waals surface area contributed by atoms with Crippen LogP contribution in [-0.4, -0.2) is 27.2 Å². The maximum absolute atomic E-state index is 10.2. The Morgan fingerprint density at radius 2 is 2.26 bits per heavy atom. The molecule has 0 saturated heterocycles. The second-order valence-corrected chi connectivity index (χ2v) is 4.45. The van der Waals surface area contributed by atoms with E-state index in [0.717, 1.165) is 5.56 Å². The zero-order chi connectivity index (χ0) is 13.8. The number of ether oxygens (including phenoxy) is 1. The largest absolute Gasteiger partial charge is 0.497 e. The Hall–Kier alpha value is -1.92. The highest BCUT2D eigenvalue weighted by atomic mass is 16.5. The fourth-order valence-electron chi connectivity index (χ4n) is 1.74. The Labute approximate surface area is 111 Å². The van der Waals surface area contributed by atoms with E-state index in [9.17, 15) is 5.11 Å². The van der Waals surface area contributed by atoms with Crippen LogP contribution in [0.25, 0.3) is 0 Å². The molecule has 0 aliphatic rings. The molecular weight excluding hydrogens is 244 g/mol. The molecule has 1 aromatic heterocycles. The molecule has 2 rings (SSSR count). The van der Waals surface area contributed by atoms with Crippen LogP contribution in [-0.2, 0) is 6.54 Å². The van der Waals surface area contributed by atoms with E-state index in [0.29, 0.717) is 18.0 Å². The van der Waals surface area contributed by atoms with Gasteiger partial charge in [0.1, 0.15) is 5.75 Å². The van der Waals surface area contributed by atoms with E-state index < -0.39 is 6.10 Å². The molecule has 2 aromatic rings. The summed E-state index contributed by atoms with van der Waals surface area (Å²) in [7, 11) is 1.60. The highest BCUT2D eigenvalue weighted by molar-refractivity contribution is 5.29. The van der Waals surface area contributed by atoms with Gasteiger partial charge in [0.05, 0.1) is 31.6 Å². The molecule has 1 aromatic carbocycles. The predicted octanol–water partition coefficient (Wildman–Crippen LogP) is 1.04. The van der Waals surface area contributed by atoms with E-state index in [1.807, 2.05) is 25.1 Å². The number of hydrogen-bond acceptors (Lipinski definition) is 5. The first kappa shape index (κ1) is 13.5. The summed E-state index contributed by atoms with van der Waals surface area (Å²) in [6.07, 6.45) is 1.08. The van der Waals surface area contributed by atoms with Crippen LogP contribution in [0.4, 0.5) is 0 Å². The van der Waals surface area contributed by atoms with Gasteiger partial charge in [-0.2, -0.15) is 0 Å². The molecule has 6 nitrogen and oxygen atoms in total. The molecule has 102 valence electrons. The van der Waals surface area contributed by atoms with Crippen LogP contribution >= 0.6 is 0 Å². The maximum atomic E-state index is 10.2. The fraction of sp³-hybridized carbons (Fsp3) is 0.385. The molecule has 0 bridgehead atoms. The quantitative estimate of drug-likeness (QED) is 0.840. The third-order valence-corrected chi connectivity index (χ3v) is 2.86. The van der Waals surface area contributed by atoms with E-state index in [4.69, 9.17) is 10.5 Å². The van der Waals surface area contributed by atoms with Gasteiger partial charge in [0.15, 0.2) is 0 Å². The van der Waals surface area contributed by atoms with Crippen molar-refractivity contribution in [1.82, 2.24) is 15.0 Å². The molecule has 2 atom stereocenters. The van der Waals surface area contributed by atoms with E-state index in [1.54, 1.807) is 24.1 Å². The number of aliphatic hydroxyl groups excluding tert-OH is 1. The molecular formula is C13H18N4O2. The average molecular weight is 262 g/mol. The Bertz CT molecular complexity index is 539. The van der Waals surface area contributed by atoms with E-state index in [-0.39, 0.29) is 6.04 Å². The highest BCUT2D eigenvalue weighted by Gasteiger charge is 2.12. The second-order valence-electron chi connectivity index (χ2n) is 4.45. The van der Waals surface area contributed by atoms with Crippen molar-refractivity contribution in [1.29, 1.82) is 0 Å². The molecule has 0 radical (unpaired) electrons. The van der Waals surface area contributed by atoms with Crippen LogP contribution in [0, 0.1) is 0 Å². The van der Waals surface area contributed by atoms with Crippen molar-refractivity contribution >= 4 is 0 Å². The third-order valence-electron chi connectivity index (χ3n) is 2.86. The number of aromatic nitrogens is 3. The number of methoxy groups -OCH3 is 1. The minimum atomic E-state index is -0.669. The van der Waals surface area contributed by atoms with Crippen LogP contribution in [0.15, 0.2) is 30.5 Å². The van der Waals surface area contributed by atoms with Gasteiger partial charge in [0.25, 0.3) is 0 Å². The number of benzene rings is 1. The zero-order valence-electron chi connectivity index (χ0n) is 11.0. The van der Waals surface area contributed by atoms with Crippen molar-refractivity contribution in [2.45, 2.75) is 25.6 Å². The fourth-order valence-corrected chi connectivity index (χ4v) is 1.74. The molecule has 0 spiro atoms. The number of rotatable bonds is 5. The van der Waals surface area contributed by atoms with Crippen molar-refractivity contribution in [2.24, 2.45) is 5.73 Å². The second kappa shape index (κ2) is 5.81. The Kier molecular flexibility index (Phi) is 4.13. The summed E-state index contributed by atoms with van der Waals surface area (Å²) in [5.41, 5.74) is 7.19. The molecule has 0 aliphatic carbocycles. The van der Waals surface area contributed by atoms with Crippen LogP contribution < -0.4 is 10.5 Å². The van der Waals surface area contributed by atoms with Crippen LogP contribution in [0.2, 0.25) is 0 Å². The Balaban J connectivity index is 2.08. The number of nitrogens with two attached hydrogens (primary N) is 1. The van der Waals surface area contributed by atoms with Crippen molar-refractivity contribution in [3.05, 3.63) is 41.7 Å². The van der Waals surface area contributed by atoms with E-state index >= 15 is 0 Å². The smallest absolute Gasteiger partial charge is 0.119 e. The summed E-state index contributed by atoms with van der Waals surface area (Å²) >= 11 is 0. The Morgan fingerprint density at radius 1 is 1.47 bits per heavy atom. The summed E-state index contributed by atoms with van der Waals surface area (Å²) in [6.45, 7) is 2.17. The number of hydrogen-bond donors (Lipinski definition) is 2. The SMILES string of the molecule is COc1cccc(C(O)Cn2cc(C(C)N)nn2)c1. The van der Waals surface area contributed by atoms with Crippen molar-refractivity contribution < 1.29 is 9.84 Å². The first-order valence-electron chi connectivity index (χ1n) is 6.07. The highest BCUT2D eigenvalue weighted by Crippen LogP contribution is 2.20. The summed E-state index contributed by atoms with van der Waals surface area (Å²) < 4.78 is 6.71. The standard InChI is InChI=1S/C13H18N4O2/c1-9(14)12-7-17(16-15-12)8-13(18)10-4-3-5-11(6-10)19-2/h3-7,9,13,18H,8,14H2,1-2H3. The van der Waals surface area contributed by atoms with Crippen LogP contribution in [0.5, 0.6) is 5.75 Å². The van der Waals surface area contributed by atoms with Crippen LogP contribution in [0.1, 0.15) is 30.3 Å². The molecule has 19 heavy (non-hydrogen) atoms. The van der Waals surface area contributed by atoms with Crippen LogP contribution in [0.3, 0.4) is 0 Å². The van der Waals surface area contributed by atoms with Crippen molar-refractivity contribution in [3.8, 4) is 5.75 Å². The van der Waals surface area contributed by atoms with Gasteiger partial charge in [-0.1, -0.05) is 17.3 Å². The molecule has 2 unspecified atom stereocenters. The number of nitrogens with zero attached hydrogens (tertiary/aromatic N) is 3. The Morgan fingerprint density at radius 3 is 2.89 bits per heavy atom. The minimum absolute atomic E-state index is 0.164. The van der Waals surface area contributed by atoms with E-state index in [1.165, 1.54) is 0 Å². The molecule has 3 N–H and O–H groups in total.